The third-order valence-corrected chi connectivity index (χ3v) is 7.51. The largest absolute Gasteiger partial charge is 0.497 e. The second-order valence-corrected chi connectivity index (χ2v) is 10.0. The van der Waals surface area contributed by atoms with Crippen molar-refractivity contribution in [2.75, 3.05) is 14.2 Å². The van der Waals surface area contributed by atoms with Crippen molar-refractivity contribution in [1.82, 2.24) is 9.29 Å². The van der Waals surface area contributed by atoms with Crippen LogP contribution in [0.25, 0.3) is 10.9 Å². The Bertz CT molecular complexity index is 1390. The van der Waals surface area contributed by atoms with E-state index < -0.39 is 10.0 Å². The SMILES string of the molecule is CNCc1cn(S(=O)(=O)c2cccc(OC)c2)c2cc(Cc3ccc(C)cc3Cl)ccc12. The molecule has 5 nitrogen and oxygen atoms in total. The first kappa shape index (κ1) is 22.4. The van der Waals surface area contributed by atoms with Crippen molar-refractivity contribution in [3.05, 3.63) is 94.1 Å². The highest BCUT2D eigenvalue weighted by atomic mass is 35.5. The van der Waals surface area contributed by atoms with Gasteiger partial charge in [0.25, 0.3) is 10.0 Å². The number of benzene rings is 3. The number of ether oxygens (including phenoxy) is 1. The summed E-state index contributed by atoms with van der Waals surface area (Å²) in [6, 6.07) is 18.4. The van der Waals surface area contributed by atoms with Crippen LogP contribution < -0.4 is 10.1 Å². The van der Waals surface area contributed by atoms with Gasteiger partial charge >= 0.3 is 0 Å². The quantitative estimate of drug-likeness (QED) is 0.407. The van der Waals surface area contributed by atoms with Gasteiger partial charge in [-0.3, -0.25) is 0 Å². The molecule has 0 bridgehead atoms. The highest BCUT2D eigenvalue weighted by Gasteiger charge is 2.22. The van der Waals surface area contributed by atoms with Gasteiger partial charge in [0, 0.05) is 29.2 Å². The zero-order valence-corrected chi connectivity index (χ0v) is 19.8. The summed E-state index contributed by atoms with van der Waals surface area (Å²) in [6.45, 7) is 2.56. The van der Waals surface area contributed by atoms with Crippen molar-refractivity contribution >= 4 is 32.5 Å². The summed E-state index contributed by atoms with van der Waals surface area (Å²) in [4.78, 5) is 0.178. The molecule has 0 unspecified atom stereocenters. The lowest BCUT2D eigenvalue weighted by molar-refractivity contribution is 0.413. The Labute approximate surface area is 193 Å². The molecule has 0 saturated heterocycles. The fourth-order valence-corrected chi connectivity index (χ4v) is 5.56. The van der Waals surface area contributed by atoms with Crippen LogP contribution >= 0.6 is 11.6 Å². The van der Waals surface area contributed by atoms with E-state index in [9.17, 15) is 8.42 Å². The maximum absolute atomic E-state index is 13.6. The third-order valence-electron chi connectivity index (χ3n) is 5.49. The van der Waals surface area contributed by atoms with E-state index in [2.05, 4.69) is 5.32 Å². The molecule has 4 rings (SSSR count). The average Bonchev–Trinajstić information content (AvgIpc) is 3.14. The van der Waals surface area contributed by atoms with E-state index in [1.54, 1.807) is 24.4 Å². The van der Waals surface area contributed by atoms with Gasteiger partial charge in [0.15, 0.2) is 0 Å². The van der Waals surface area contributed by atoms with E-state index >= 15 is 0 Å². The third kappa shape index (κ3) is 4.26. The topological polar surface area (TPSA) is 60.3 Å². The number of methoxy groups -OCH3 is 1. The van der Waals surface area contributed by atoms with Crippen LogP contribution in [0.4, 0.5) is 0 Å². The molecule has 0 spiro atoms. The first-order valence-electron chi connectivity index (χ1n) is 10.3. The molecule has 0 saturated carbocycles. The molecule has 0 radical (unpaired) electrons. The lowest BCUT2D eigenvalue weighted by Crippen LogP contribution is -2.12. The molecular weight excluding hydrogens is 444 g/mol. The number of halogens is 1. The van der Waals surface area contributed by atoms with Crippen LogP contribution in [0.3, 0.4) is 0 Å². The van der Waals surface area contributed by atoms with Crippen LogP contribution in [-0.4, -0.2) is 26.5 Å². The molecule has 166 valence electrons. The monoisotopic (exact) mass is 468 g/mol. The van der Waals surface area contributed by atoms with Gasteiger partial charge in [-0.15, -0.1) is 0 Å². The summed E-state index contributed by atoms with van der Waals surface area (Å²) in [6.07, 6.45) is 2.30. The Morgan fingerprint density at radius 3 is 2.56 bits per heavy atom. The molecule has 0 aliphatic carbocycles. The number of hydrogen-bond donors (Lipinski definition) is 1. The first-order valence-corrected chi connectivity index (χ1v) is 12.1. The Kier molecular flexibility index (Phi) is 6.29. The zero-order valence-electron chi connectivity index (χ0n) is 18.2. The lowest BCUT2D eigenvalue weighted by Gasteiger charge is -2.10. The van der Waals surface area contributed by atoms with Crippen molar-refractivity contribution in [1.29, 1.82) is 0 Å². The van der Waals surface area contributed by atoms with Gasteiger partial charge in [-0.25, -0.2) is 12.4 Å². The number of aromatic nitrogens is 1. The van der Waals surface area contributed by atoms with E-state index in [1.165, 1.54) is 17.1 Å². The Morgan fingerprint density at radius 2 is 1.84 bits per heavy atom. The minimum absolute atomic E-state index is 0.178. The molecule has 3 aromatic carbocycles. The molecule has 32 heavy (non-hydrogen) atoms. The number of hydrogen-bond acceptors (Lipinski definition) is 4. The molecule has 0 amide bonds. The van der Waals surface area contributed by atoms with Crippen molar-refractivity contribution < 1.29 is 13.2 Å². The Balaban J connectivity index is 1.85. The van der Waals surface area contributed by atoms with E-state index in [0.29, 0.717) is 29.3 Å². The van der Waals surface area contributed by atoms with Crippen molar-refractivity contribution in [2.45, 2.75) is 24.8 Å². The molecule has 0 aliphatic heterocycles. The van der Waals surface area contributed by atoms with Crippen LogP contribution in [0.15, 0.2) is 71.8 Å². The number of rotatable bonds is 7. The zero-order chi connectivity index (χ0) is 22.9. The van der Waals surface area contributed by atoms with Gasteiger partial charge in [0.1, 0.15) is 5.75 Å². The Morgan fingerprint density at radius 1 is 1.03 bits per heavy atom. The van der Waals surface area contributed by atoms with E-state index in [1.807, 2.05) is 50.4 Å². The van der Waals surface area contributed by atoms with Crippen LogP contribution in [0.2, 0.25) is 5.02 Å². The molecule has 0 aliphatic rings. The highest BCUT2D eigenvalue weighted by molar-refractivity contribution is 7.90. The summed E-state index contributed by atoms with van der Waals surface area (Å²) >= 11 is 6.43. The average molecular weight is 469 g/mol. The lowest BCUT2D eigenvalue weighted by atomic mass is 10.0. The minimum atomic E-state index is -3.82. The molecular formula is C25H25ClN2O3S. The van der Waals surface area contributed by atoms with E-state index in [4.69, 9.17) is 16.3 Å². The summed E-state index contributed by atoms with van der Waals surface area (Å²) in [5.74, 6) is 0.493. The highest BCUT2D eigenvalue weighted by Crippen LogP contribution is 2.30. The van der Waals surface area contributed by atoms with Gasteiger partial charge in [0.05, 0.1) is 17.5 Å². The summed E-state index contributed by atoms with van der Waals surface area (Å²) in [5.41, 5.74) is 4.64. The predicted molar refractivity (Wildman–Crippen MR) is 129 cm³/mol. The molecule has 0 fully saturated rings. The molecule has 4 aromatic rings. The second-order valence-electron chi connectivity index (χ2n) is 7.79. The van der Waals surface area contributed by atoms with Crippen molar-refractivity contribution in [2.24, 2.45) is 0 Å². The Hall–Kier alpha value is -2.80. The first-order chi connectivity index (χ1) is 15.3. The minimum Gasteiger partial charge on any atom is -0.497 e. The fraction of sp³-hybridized carbons (Fsp3) is 0.200. The maximum Gasteiger partial charge on any atom is 0.268 e. The maximum atomic E-state index is 13.6. The van der Waals surface area contributed by atoms with Crippen LogP contribution in [0.5, 0.6) is 5.75 Å². The van der Waals surface area contributed by atoms with Crippen LogP contribution in [0, 0.1) is 6.92 Å². The normalized spacial score (nSPS) is 11.8. The molecule has 1 N–H and O–H groups in total. The van der Waals surface area contributed by atoms with Gasteiger partial charge in [0.2, 0.25) is 0 Å². The van der Waals surface area contributed by atoms with Gasteiger partial charge in [-0.2, -0.15) is 0 Å². The standard InChI is InChI=1S/C25H25ClN2O3S/c1-17-7-9-19(24(26)11-17)12-18-8-10-23-20(15-27-2)16-28(25(23)13-18)32(29,30)22-6-4-5-21(14-22)31-3/h4-11,13-14,16,27H,12,15H2,1-3H3. The van der Waals surface area contributed by atoms with Gasteiger partial charge in [-0.1, -0.05) is 41.9 Å². The number of fused-ring (bicyclic) bond motifs is 1. The second kappa shape index (κ2) is 8.98. The van der Waals surface area contributed by atoms with Gasteiger partial charge < -0.3 is 10.1 Å². The summed E-state index contributed by atoms with van der Waals surface area (Å²) < 4.78 is 33.7. The smallest absolute Gasteiger partial charge is 0.268 e. The number of nitrogens with zero attached hydrogens (tertiary/aromatic N) is 1. The van der Waals surface area contributed by atoms with Gasteiger partial charge in [-0.05, 0) is 66.9 Å². The van der Waals surface area contributed by atoms with E-state index in [0.717, 1.165) is 27.6 Å². The fourth-order valence-electron chi connectivity index (χ4n) is 3.84. The number of aryl methyl sites for hydroxylation is 1. The molecule has 7 heteroatoms. The molecule has 1 aromatic heterocycles. The predicted octanol–water partition coefficient (Wildman–Crippen LogP) is 5.16. The van der Waals surface area contributed by atoms with Crippen LogP contribution in [0.1, 0.15) is 22.3 Å². The van der Waals surface area contributed by atoms with Crippen molar-refractivity contribution in [3.63, 3.8) is 0 Å². The van der Waals surface area contributed by atoms with Crippen LogP contribution in [-0.2, 0) is 23.0 Å². The summed E-state index contributed by atoms with van der Waals surface area (Å²) in [5, 5.41) is 4.72. The molecule has 0 atom stereocenters. The van der Waals surface area contributed by atoms with E-state index in [-0.39, 0.29) is 4.90 Å². The number of nitrogens with one attached hydrogen (secondary N) is 1. The van der Waals surface area contributed by atoms with Crippen molar-refractivity contribution in [3.8, 4) is 5.75 Å². The molecule has 1 heterocycles. The summed E-state index contributed by atoms with van der Waals surface area (Å²) in [7, 11) is -0.457.